The predicted octanol–water partition coefficient (Wildman–Crippen LogP) is 4.06. The highest BCUT2D eigenvalue weighted by Crippen LogP contribution is 2.23. The van der Waals surface area contributed by atoms with Gasteiger partial charge in [0.05, 0.1) is 5.70 Å². The fourth-order valence-electron chi connectivity index (χ4n) is 1.94. The summed E-state index contributed by atoms with van der Waals surface area (Å²) in [4.78, 5) is 15.4. The Morgan fingerprint density at radius 3 is 2.80 bits per heavy atom. The molecular weight excluding hydrogens is 316 g/mol. The first-order chi connectivity index (χ1) is 9.74. The van der Waals surface area contributed by atoms with Crippen LogP contribution in [0.1, 0.15) is 18.1 Å². The maximum Gasteiger partial charge on any atom is 0.166 e. The van der Waals surface area contributed by atoms with Crippen molar-refractivity contribution in [3.8, 4) is 0 Å². The minimum absolute atomic E-state index is 0.483. The van der Waals surface area contributed by atoms with Crippen LogP contribution >= 0.6 is 15.9 Å². The highest BCUT2D eigenvalue weighted by atomic mass is 79.9. The van der Waals surface area contributed by atoms with Crippen molar-refractivity contribution >= 4 is 34.1 Å². The molecule has 0 spiro atoms. The monoisotopic (exact) mass is 330 g/mol. The summed E-state index contributed by atoms with van der Waals surface area (Å²) in [5, 5.41) is 3.01. The van der Waals surface area contributed by atoms with E-state index in [0.29, 0.717) is 11.5 Å². The second-order valence-electron chi connectivity index (χ2n) is 4.22. The largest absolute Gasteiger partial charge is 0.338 e. The van der Waals surface area contributed by atoms with Crippen molar-refractivity contribution in [3.63, 3.8) is 0 Å². The number of carbonyl (C=O) groups excluding carboxylic acids is 1. The lowest BCUT2D eigenvalue weighted by Crippen LogP contribution is -2.02. The smallest absolute Gasteiger partial charge is 0.166 e. The van der Waals surface area contributed by atoms with Gasteiger partial charge < -0.3 is 5.32 Å². The minimum atomic E-state index is 0.483. The fraction of sp³-hybridized carbons (Fsp3) is 0.125. The highest BCUT2D eigenvalue weighted by molar-refractivity contribution is 9.10. The Kier molecular flexibility index (Phi) is 5.07. The molecule has 0 atom stereocenters. The van der Waals surface area contributed by atoms with Gasteiger partial charge in [-0.05, 0) is 41.8 Å². The van der Waals surface area contributed by atoms with Gasteiger partial charge in [0.25, 0.3) is 0 Å². The first-order valence-electron chi connectivity index (χ1n) is 6.37. The van der Waals surface area contributed by atoms with Crippen molar-refractivity contribution in [2.45, 2.75) is 13.3 Å². The number of carbonyl (C=O) groups is 1. The highest BCUT2D eigenvalue weighted by Gasteiger charge is 2.04. The van der Waals surface area contributed by atoms with Gasteiger partial charge in [-0.25, -0.2) is 4.98 Å². The Balaban J connectivity index is 2.32. The molecular formula is C16H15BrN2O. The number of rotatable bonds is 5. The topological polar surface area (TPSA) is 42.0 Å². The van der Waals surface area contributed by atoms with Crippen molar-refractivity contribution in [2.75, 3.05) is 5.32 Å². The van der Waals surface area contributed by atoms with Gasteiger partial charge in [-0.2, -0.15) is 0 Å². The van der Waals surface area contributed by atoms with Crippen molar-refractivity contribution in [3.05, 3.63) is 63.9 Å². The number of aromatic nitrogens is 1. The van der Waals surface area contributed by atoms with Gasteiger partial charge in [-0.3, -0.25) is 4.79 Å². The molecule has 0 saturated carbocycles. The molecule has 4 heteroatoms. The van der Waals surface area contributed by atoms with Crippen molar-refractivity contribution in [1.29, 1.82) is 0 Å². The summed E-state index contributed by atoms with van der Waals surface area (Å²) in [7, 11) is 0. The molecule has 0 aliphatic carbocycles. The van der Waals surface area contributed by atoms with E-state index in [9.17, 15) is 4.79 Å². The van der Waals surface area contributed by atoms with Crippen LogP contribution < -0.4 is 5.32 Å². The van der Waals surface area contributed by atoms with Gasteiger partial charge in [-0.15, -0.1) is 0 Å². The molecule has 0 aliphatic rings. The Morgan fingerprint density at radius 2 is 2.15 bits per heavy atom. The summed E-state index contributed by atoms with van der Waals surface area (Å²) in [6, 6.07) is 11.5. The van der Waals surface area contributed by atoms with Crippen molar-refractivity contribution in [1.82, 2.24) is 4.98 Å². The first-order valence-corrected chi connectivity index (χ1v) is 7.16. The van der Waals surface area contributed by atoms with Crippen LogP contribution in [-0.2, 0) is 11.2 Å². The second-order valence-corrected chi connectivity index (χ2v) is 5.07. The van der Waals surface area contributed by atoms with Gasteiger partial charge >= 0.3 is 0 Å². The van der Waals surface area contributed by atoms with E-state index in [1.807, 2.05) is 42.5 Å². The van der Waals surface area contributed by atoms with Crippen LogP contribution in [0.4, 0.5) is 5.82 Å². The summed E-state index contributed by atoms with van der Waals surface area (Å²) in [6.45, 7) is 2.09. The number of nitrogens with zero attached hydrogens (tertiary/aromatic N) is 1. The number of hydrogen-bond acceptors (Lipinski definition) is 3. The molecule has 0 fully saturated rings. The zero-order valence-corrected chi connectivity index (χ0v) is 12.7. The number of halogens is 1. The van der Waals surface area contributed by atoms with E-state index in [2.05, 4.69) is 33.2 Å². The van der Waals surface area contributed by atoms with Crippen LogP contribution in [-0.4, -0.2) is 11.3 Å². The van der Waals surface area contributed by atoms with Crippen LogP contribution in [0, 0.1) is 0 Å². The lowest BCUT2D eigenvalue weighted by atomic mass is 10.0. The van der Waals surface area contributed by atoms with Crippen LogP contribution in [0.15, 0.2) is 52.8 Å². The van der Waals surface area contributed by atoms with E-state index < -0.39 is 0 Å². The first kappa shape index (κ1) is 14.5. The molecule has 2 rings (SSSR count). The van der Waals surface area contributed by atoms with Crippen LogP contribution in [0.5, 0.6) is 0 Å². The number of benzene rings is 1. The maximum absolute atomic E-state index is 11.2. The quantitative estimate of drug-likeness (QED) is 0.664. The average Bonchev–Trinajstić information content (AvgIpc) is 2.48. The maximum atomic E-state index is 11.2. The number of aldehydes is 1. The van der Waals surface area contributed by atoms with Crippen LogP contribution in [0.3, 0.4) is 0 Å². The van der Waals surface area contributed by atoms with Crippen molar-refractivity contribution in [2.24, 2.45) is 0 Å². The van der Waals surface area contributed by atoms with E-state index in [0.717, 1.165) is 22.7 Å². The SMILES string of the molecule is CCc1c(Br)cccc1/C=C(\C=O)Nc1ccccn1. The zero-order chi connectivity index (χ0) is 14.4. The molecule has 1 aromatic carbocycles. The van der Waals surface area contributed by atoms with E-state index in [1.54, 1.807) is 6.20 Å². The molecule has 102 valence electrons. The summed E-state index contributed by atoms with van der Waals surface area (Å²) in [5.74, 6) is 0.652. The number of allylic oxidation sites excluding steroid dienone is 1. The average molecular weight is 331 g/mol. The summed E-state index contributed by atoms with van der Waals surface area (Å²) in [6.07, 6.45) is 5.21. The molecule has 0 saturated heterocycles. The molecule has 3 nitrogen and oxygen atoms in total. The van der Waals surface area contributed by atoms with Crippen LogP contribution in [0.25, 0.3) is 6.08 Å². The van der Waals surface area contributed by atoms with Gasteiger partial charge in [-0.1, -0.05) is 41.1 Å². The number of pyridine rings is 1. The lowest BCUT2D eigenvalue weighted by molar-refractivity contribution is -0.104. The molecule has 0 radical (unpaired) electrons. The molecule has 0 aliphatic heterocycles. The zero-order valence-electron chi connectivity index (χ0n) is 11.1. The van der Waals surface area contributed by atoms with E-state index >= 15 is 0 Å². The number of nitrogens with one attached hydrogen (secondary N) is 1. The molecule has 20 heavy (non-hydrogen) atoms. The molecule has 1 aromatic heterocycles. The van der Waals surface area contributed by atoms with E-state index in [-0.39, 0.29) is 0 Å². The van der Waals surface area contributed by atoms with E-state index in [1.165, 1.54) is 5.56 Å². The Hall–Kier alpha value is -1.94. The molecule has 1 N–H and O–H groups in total. The summed E-state index contributed by atoms with van der Waals surface area (Å²) in [5.41, 5.74) is 2.68. The van der Waals surface area contributed by atoms with Crippen molar-refractivity contribution < 1.29 is 4.79 Å². The minimum Gasteiger partial charge on any atom is -0.338 e. The standard InChI is InChI=1S/C16H15BrN2O/c1-2-14-12(6-5-7-15(14)17)10-13(11-20)19-16-8-3-4-9-18-16/h3-11H,2H2,1H3,(H,18,19)/b13-10+. The molecule has 2 aromatic rings. The number of anilines is 1. The molecule has 0 amide bonds. The van der Waals surface area contributed by atoms with Crippen LogP contribution in [0.2, 0.25) is 0 Å². The summed E-state index contributed by atoms with van der Waals surface area (Å²) < 4.78 is 1.05. The molecule has 0 bridgehead atoms. The second kappa shape index (κ2) is 7.01. The molecule has 1 heterocycles. The fourth-order valence-corrected chi connectivity index (χ4v) is 2.60. The van der Waals surface area contributed by atoms with Gasteiger partial charge in [0, 0.05) is 10.7 Å². The number of hydrogen-bond donors (Lipinski definition) is 1. The summed E-state index contributed by atoms with van der Waals surface area (Å²) >= 11 is 3.54. The normalized spacial score (nSPS) is 11.2. The Labute approximate surface area is 126 Å². The third kappa shape index (κ3) is 3.54. The Morgan fingerprint density at radius 1 is 1.30 bits per heavy atom. The van der Waals surface area contributed by atoms with E-state index in [4.69, 9.17) is 0 Å². The third-order valence-corrected chi connectivity index (χ3v) is 3.63. The van der Waals surface area contributed by atoms with Gasteiger partial charge in [0.1, 0.15) is 5.82 Å². The van der Waals surface area contributed by atoms with Gasteiger partial charge in [0.15, 0.2) is 6.29 Å². The predicted molar refractivity (Wildman–Crippen MR) is 85.4 cm³/mol. The lowest BCUT2D eigenvalue weighted by Gasteiger charge is -2.08. The Bertz CT molecular complexity index is 624. The molecule has 0 unspecified atom stereocenters. The van der Waals surface area contributed by atoms with Gasteiger partial charge in [0.2, 0.25) is 0 Å². The third-order valence-electron chi connectivity index (χ3n) is 2.88.